The number of nitrogens with zero attached hydrogens (tertiary/aromatic N) is 2. The normalized spacial score (nSPS) is 12.1. The van der Waals surface area contributed by atoms with Gasteiger partial charge in [-0.25, -0.2) is 4.99 Å². The molecule has 64 valence electrons. The largest absolute Gasteiger partial charge is 0.246 e. The molecule has 0 N–H and O–H groups in total. The summed E-state index contributed by atoms with van der Waals surface area (Å²) in [5, 5.41) is 8.52. The standard InChI is InChI=1S/C10H14N2/c1-5-10(6-11)12-7-9(4)8(2)3/h5,7-8H,4H2,1-3H3/b10-5-,12-7?. The molecule has 0 aromatic heterocycles. The van der Waals surface area contributed by atoms with E-state index in [0.717, 1.165) is 5.57 Å². The molecule has 0 aliphatic heterocycles. The van der Waals surface area contributed by atoms with Crippen LogP contribution in [0.5, 0.6) is 0 Å². The average Bonchev–Trinajstić information content (AvgIpc) is 2.05. The van der Waals surface area contributed by atoms with Gasteiger partial charge in [0.2, 0.25) is 0 Å². The van der Waals surface area contributed by atoms with Gasteiger partial charge in [0.1, 0.15) is 11.8 Å². The Bertz CT molecular complexity index is 252. The summed E-state index contributed by atoms with van der Waals surface area (Å²) in [5.74, 6) is 0.380. The number of rotatable bonds is 3. The van der Waals surface area contributed by atoms with Gasteiger partial charge in [-0.3, -0.25) is 0 Å². The summed E-state index contributed by atoms with van der Waals surface area (Å²) >= 11 is 0. The zero-order valence-corrected chi connectivity index (χ0v) is 7.83. The third kappa shape index (κ3) is 3.72. The van der Waals surface area contributed by atoms with Gasteiger partial charge in [0, 0.05) is 6.21 Å². The van der Waals surface area contributed by atoms with E-state index in [1.165, 1.54) is 0 Å². The van der Waals surface area contributed by atoms with E-state index in [9.17, 15) is 0 Å². The van der Waals surface area contributed by atoms with E-state index in [1.54, 1.807) is 19.2 Å². The monoisotopic (exact) mass is 162 g/mol. The third-order valence-electron chi connectivity index (χ3n) is 1.50. The lowest BCUT2D eigenvalue weighted by Gasteiger charge is -2.00. The Morgan fingerprint density at radius 2 is 2.17 bits per heavy atom. The van der Waals surface area contributed by atoms with E-state index in [2.05, 4.69) is 11.6 Å². The Morgan fingerprint density at radius 1 is 1.58 bits per heavy atom. The summed E-state index contributed by atoms with van der Waals surface area (Å²) in [6.45, 7) is 9.67. The maximum absolute atomic E-state index is 8.52. The van der Waals surface area contributed by atoms with Crippen LogP contribution in [0.25, 0.3) is 0 Å². The van der Waals surface area contributed by atoms with E-state index >= 15 is 0 Å². The summed E-state index contributed by atoms with van der Waals surface area (Å²) in [6.07, 6.45) is 3.31. The smallest absolute Gasteiger partial charge is 0.136 e. The minimum Gasteiger partial charge on any atom is -0.246 e. The highest BCUT2D eigenvalue weighted by atomic mass is 14.7. The van der Waals surface area contributed by atoms with Crippen LogP contribution in [0.15, 0.2) is 28.9 Å². The van der Waals surface area contributed by atoms with Crippen LogP contribution in [0.1, 0.15) is 20.8 Å². The second-order valence-corrected chi connectivity index (χ2v) is 2.77. The van der Waals surface area contributed by atoms with Crippen molar-refractivity contribution in [1.29, 1.82) is 5.26 Å². The van der Waals surface area contributed by atoms with Crippen molar-refractivity contribution in [1.82, 2.24) is 0 Å². The molecular weight excluding hydrogens is 148 g/mol. The van der Waals surface area contributed by atoms with Crippen LogP contribution in [0.2, 0.25) is 0 Å². The van der Waals surface area contributed by atoms with Crippen molar-refractivity contribution in [2.24, 2.45) is 10.9 Å². The summed E-state index contributed by atoms with van der Waals surface area (Å²) < 4.78 is 0. The molecule has 0 aromatic carbocycles. The van der Waals surface area contributed by atoms with E-state index in [0.29, 0.717) is 11.6 Å². The van der Waals surface area contributed by atoms with Gasteiger partial charge in [-0.2, -0.15) is 5.26 Å². The molecule has 0 heterocycles. The SMILES string of the molecule is C=C(C=N/C(C#N)=C\C)C(C)C. The summed E-state index contributed by atoms with van der Waals surface area (Å²) in [4.78, 5) is 3.96. The van der Waals surface area contributed by atoms with Crippen LogP contribution in [0.4, 0.5) is 0 Å². The molecule has 0 aliphatic rings. The van der Waals surface area contributed by atoms with Crippen LogP contribution in [-0.2, 0) is 0 Å². The molecule has 0 atom stereocenters. The van der Waals surface area contributed by atoms with Gasteiger partial charge in [0.05, 0.1) is 0 Å². The highest BCUT2D eigenvalue weighted by Crippen LogP contribution is 2.04. The topological polar surface area (TPSA) is 36.1 Å². The molecule has 0 rings (SSSR count). The average molecular weight is 162 g/mol. The van der Waals surface area contributed by atoms with Gasteiger partial charge < -0.3 is 0 Å². The van der Waals surface area contributed by atoms with Gasteiger partial charge in [-0.05, 0) is 18.4 Å². The molecule has 0 amide bonds. The van der Waals surface area contributed by atoms with Crippen molar-refractivity contribution in [3.63, 3.8) is 0 Å². The van der Waals surface area contributed by atoms with Crippen LogP contribution in [0.3, 0.4) is 0 Å². The van der Waals surface area contributed by atoms with E-state index in [1.807, 2.05) is 19.9 Å². The second-order valence-electron chi connectivity index (χ2n) is 2.77. The van der Waals surface area contributed by atoms with Crippen LogP contribution >= 0.6 is 0 Å². The predicted octanol–water partition coefficient (Wildman–Crippen LogP) is 2.70. The predicted molar refractivity (Wildman–Crippen MR) is 51.8 cm³/mol. The minimum absolute atomic E-state index is 0.380. The second kappa shape index (κ2) is 5.31. The maximum Gasteiger partial charge on any atom is 0.136 e. The van der Waals surface area contributed by atoms with E-state index in [-0.39, 0.29) is 0 Å². The van der Waals surface area contributed by atoms with Gasteiger partial charge in [0.25, 0.3) is 0 Å². The van der Waals surface area contributed by atoms with Crippen molar-refractivity contribution in [2.75, 3.05) is 0 Å². The molecule has 0 spiro atoms. The molecule has 0 aromatic rings. The molecule has 12 heavy (non-hydrogen) atoms. The third-order valence-corrected chi connectivity index (χ3v) is 1.50. The lowest BCUT2D eigenvalue weighted by Crippen LogP contribution is -1.92. The lowest BCUT2D eigenvalue weighted by atomic mass is 10.1. The molecule has 0 radical (unpaired) electrons. The van der Waals surface area contributed by atoms with Crippen LogP contribution in [-0.4, -0.2) is 6.21 Å². The highest BCUT2D eigenvalue weighted by molar-refractivity contribution is 5.79. The number of hydrogen-bond acceptors (Lipinski definition) is 2. The maximum atomic E-state index is 8.52. The number of nitriles is 1. The molecular formula is C10H14N2. The zero-order valence-electron chi connectivity index (χ0n) is 7.83. The summed E-state index contributed by atoms with van der Waals surface area (Å²) in [7, 11) is 0. The van der Waals surface area contributed by atoms with Crippen molar-refractivity contribution in [3.8, 4) is 6.07 Å². The van der Waals surface area contributed by atoms with Crippen molar-refractivity contribution < 1.29 is 0 Å². The lowest BCUT2D eigenvalue weighted by molar-refractivity contribution is 0.810. The Hall–Kier alpha value is -1.36. The van der Waals surface area contributed by atoms with Crippen LogP contribution < -0.4 is 0 Å². The fourth-order valence-electron chi connectivity index (χ4n) is 0.469. The first kappa shape index (κ1) is 10.6. The summed E-state index contributed by atoms with van der Waals surface area (Å²) in [5.41, 5.74) is 1.36. The fourth-order valence-corrected chi connectivity index (χ4v) is 0.469. The molecule has 0 unspecified atom stereocenters. The Balaban J connectivity index is 4.27. The minimum atomic E-state index is 0.380. The van der Waals surface area contributed by atoms with Gasteiger partial charge in [-0.1, -0.05) is 26.5 Å². The molecule has 0 bridgehead atoms. The first-order valence-corrected chi connectivity index (χ1v) is 3.91. The molecule has 0 fully saturated rings. The van der Waals surface area contributed by atoms with Crippen molar-refractivity contribution in [2.45, 2.75) is 20.8 Å². The van der Waals surface area contributed by atoms with Crippen molar-refractivity contribution >= 4 is 6.21 Å². The molecule has 2 nitrogen and oxygen atoms in total. The first-order chi connectivity index (χ1) is 5.61. The van der Waals surface area contributed by atoms with Gasteiger partial charge in [-0.15, -0.1) is 0 Å². The Kier molecular flexibility index (Phi) is 4.71. The quantitative estimate of drug-likeness (QED) is 0.464. The molecule has 0 aliphatic carbocycles. The zero-order chi connectivity index (χ0) is 9.56. The highest BCUT2D eigenvalue weighted by Gasteiger charge is 1.95. The number of hydrogen-bond donors (Lipinski definition) is 0. The number of allylic oxidation sites excluding steroid dienone is 3. The Labute approximate surface area is 73.9 Å². The van der Waals surface area contributed by atoms with E-state index < -0.39 is 0 Å². The Morgan fingerprint density at radius 3 is 2.50 bits per heavy atom. The molecule has 0 saturated carbocycles. The van der Waals surface area contributed by atoms with Gasteiger partial charge in [0.15, 0.2) is 0 Å². The summed E-state index contributed by atoms with van der Waals surface area (Å²) in [6, 6.07) is 1.97. The first-order valence-electron chi connectivity index (χ1n) is 3.91. The van der Waals surface area contributed by atoms with Crippen molar-refractivity contribution in [3.05, 3.63) is 23.9 Å². The molecule has 2 heteroatoms. The van der Waals surface area contributed by atoms with Gasteiger partial charge >= 0.3 is 0 Å². The van der Waals surface area contributed by atoms with Crippen LogP contribution in [0, 0.1) is 17.2 Å². The molecule has 0 saturated heterocycles. The van der Waals surface area contributed by atoms with E-state index in [4.69, 9.17) is 5.26 Å². The number of aliphatic imine (C=N–C) groups is 1. The fraction of sp³-hybridized carbons (Fsp3) is 0.400.